The maximum Gasteiger partial charge on any atom is 0.170 e. The number of ether oxygens (including phenoxy) is 2. The number of nitrogens with two attached hydrogens (primary N) is 1. The zero-order valence-electron chi connectivity index (χ0n) is 12.7. The molecule has 0 aromatic heterocycles. The number of nitrogens with zero attached hydrogens (tertiary/aromatic N) is 1. The lowest BCUT2D eigenvalue weighted by molar-refractivity contribution is 0.00802. The minimum Gasteiger partial charge on any atom is -0.496 e. The van der Waals surface area contributed by atoms with Crippen molar-refractivity contribution in [3.63, 3.8) is 0 Å². The van der Waals surface area contributed by atoms with E-state index in [1.807, 2.05) is 12.1 Å². The SMILES string of the molecule is COc1ccc(/C(N)=N/O)cc1COC1CCC(C)CC1. The molecule has 1 aliphatic carbocycles. The Kier molecular flexibility index (Phi) is 5.44. The first-order valence-electron chi connectivity index (χ1n) is 7.40. The Morgan fingerprint density at radius 2 is 2.05 bits per heavy atom. The van der Waals surface area contributed by atoms with Crippen LogP contribution in [0.15, 0.2) is 23.4 Å². The maximum absolute atomic E-state index is 8.76. The van der Waals surface area contributed by atoms with Gasteiger partial charge in [0.05, 0.1) is 19.8 Å². The highest BCUT2D eigenvalue weighted by Gasteiger charge is 2.19. The second-order valence-electron chi connectivity index (χ2n) is 5.70. The highest BCUT2D eigenvalue weighted by atomic mass is 16.5. The molecule has 1 aromatic carbocycles. The van der Waals surface area contributed by atoms with Gasteiger partial charge in [0.25, 0.3) is 0 Å². The van der Waals surface area contributed by atoms with Crippen molar-refractivity contribution in [2.75, 3.05) is 7.11 Å². The Balaban J connectivity index is 2.03. The van der Waals surface area contributed by atoms with Gasteiger partial charge in [0.15, 0.2) is 5.84 Å². The van der Waals surface area contributed by atoms with Crippen LogP contribution in [0.3, 0.4) is 0 Å². The Labute approximate surface area is 125 Å². The lowest BCUT2D eigenvalue weighted by Crippen LogP contribution is -2.20. The normalized spacial score (nSPS) is 23.0. The maximum atomic E-state index is 8.76. The minimum absolute atomic E-state index is 0.0883. The van der Waals surface area contributed by atoms with Crippen molar-refractivity contribution >= 4 is 5.84 Å². The van der Waals surface area contributed by atoms with Gasteiger partial charge in [0.2, 0.25) is 0 Å². The van der Waals surface area contributed by atoms with Crippen LogP contribution in [-0.4, -0.2) is 24.3 Å². The molecule has 0 unspecified atom stereocenters. The molecule has 116 valence electrons. The van der Waals surface area contributed by atoms with E-state index in [1.54, 1.807) is 13.2 Å². The Morgan fingerprint density at radius 1 is 1.33 bits per heavy atom. The molecule has 3 N–H and O–H groups in total. The number of rotatable bonds is 5. The monoisotopic (exact) mass is 292 g/mol. The molecule has 21 heavy (non-hydrogen) atoms. The van der Waals surface area contributed by atoms with Crippen molar-refractivity contribution in [1.29, 1.82) is 0 Å². The Hall–Kier alpha value is -1.75. The van der Waals surface area contributed by atoms with Crippen molar-refractivity contribution in [2.45, 2.75) is 45.3 Å². The summed E-state index contributed by atoms with van der Waals surface area (Å²) >= 11 is 0. The second kappa shape index (κ2) is 7.31. The van der Waals surface area contributed by atoms with E-state index in [1.165, 1.54) is 12.8 Å². The third kappa shape index (κ3) is 4.11. The number of oxime groups is 1. The molecule has 0 aliphatic heterocycles. The van der Waals surface area contributed by atoms with Crippen LogP contribution < -0.4 is 10.5 Å². The fraction of sp³-hybridized carbons (Fsp3) is 0.562. The summed E-state index contributed by atoms with van der Waals surface area (Å²) in [5.41, 5.74) is 7.21. The zero-order valence-corrected chi connectivity index (χ0v) is 12.7. The number of hydrogen-bond acceptors (Lipinski definition) is 4. The molecular weight excluding hydrogens is 268 g/mol. The van der Waals surface area contributed by atoms with E-state index >= 15 is 0 Å². The topological polar surface area (TPSA) is 77.1 Å². The van der Waals surface area contributed by atoms with Gasteiger partial charge >= 0.3 is 0 Å². The average molecular weight is 292 g/mol. The zero-order chi connectivity index (χ0) is 15.2. The molecule has 0 saturated heterocycles. The highest BCUT2D eigenvalue weighted by molar-refractivity contribution is 5.97. The fourth-order valence-electron chi connectivity index (χ4n) is 2.71. The summed E-state index contributed by atoms with van der Waals surface area (Å²) in [7, 11) is 1.63. The summed E-state index contributed by atoms with van der Waals surface area (Å²) in [6.45, 7) is 2.77. The lowest BCUT2D eigenvalue weighted by atomic mass is 9.89. The van der Waals surface area contributed by atoms with Gasteiger partial charge in [-0.1, -0.05) is 12.1 Å². The summed E-state index contributed by atoms with van der Waals surface area (Å²) in [5, 5.41) is 11.8. The first-order chi connectivity index (χ1) is 10.1. The largest absolute Gasteiger partial charge is 0.496 e. The predicted molar refractivity (Wildman–Crippen MR) is 81.7 cm³/mol. The second-order valence-corrected chi connectivity index (χ2v) is 5.70. The van der Waals surface area contributed by atoms with Crippen LogP contribution in [0.1, 0.15) is 43.7 Å². The van der Waals surface area contributed by atoms with Crippen LogP contribution in [0.25, 0.3) is 0 Å². The summed E-state index contributed by atoms with van der Waals surface area (Å²) in [4.78, 5) is 0. The van der Waals surface area contributed by atoms with Gasteiger partial charge < -0.3 is 20.4 Å². The number of amidine groups is 1. The molecule has 1 saturated carbocycles. The third-order valence-corrected chi connectivity index (χ3v) is 4.12. The number of benzene rings is 1. The minimum atomic E-state index is 0.0883. The Morgan fingerprint density at radius 3 is 2.67 bits per heavy atom. The molecule has 1 aliphatic rings. The van der Waals surface area contributed by atoms with E-state index in [-0.39, 0.29) is 5.84 Å². The molecule has 5 nitrogen and oxygen atoms in total. The van der Waals surface area contributed by atoms with Gasteiger partial charge in [-0.25, -0.2) is 0 Å². The van der Waals surface area contributed by atoms with Crippen LogP contribution in [-0.2, 0) is 11.3 Å². The van der Waals surface area contributed by atoms with E-state index in [0.29, 0.717) is 18.3 Å². The van der Waals surface area contributed by atoms with Gasteiger partial charge in [0, 0.05) is 11.1 Å². The molecule has 0 heterocycles. The van der Waals surface area contributed by atoms with Crippen LogP contribution in [0.5, 0.6) is 5.75 Å². The molecule has 1 aromatic rings. The van der Waals surface area contributed by atoms with E-state index < -0.39 is 0 Å². The van der Waals surface area contributed by atoms with Crippen molar-refractivity contribution in [1.82, 2.24) is 0 Å². The predicted octanol–water partition coefficient (Wildman–Crippen LogP) is 2.89. The molecule has 1 fully saturated rings. The van der Waals surface area contributed by atoms with Crippen molar-refractivity contribution in [3.8, 4) is 5.75 Å². The van der Waals surface area contributed by atoms with Gasteiger partial charge in [0.1, 0.15) is 5.75 Å². The standard InChI is InChI=1S/C16H24N2O3/c1-11-3-6-14(7-4-11)21-10-13-9-12(16(17)18-19)5-8-15(13)20-2/h5,8-9,11,14,19H,3-4,6-7,10H2,1-2H3,(H2,17,18). The molecule has 0 radical (unpaired) electrons. The van der Waals surface area contributed by atoms with Crippen molar-refractivity contribution in [3.05, 3.63) is 29.3 Å². The number of methoxy groups -OCH3 is 1. The van der Waals surface area contributed by atoms with Crippen molar-refractivity contribution in [2.24, 2.45) is 16.8 Å². The van der Waals surface area contributed by atoms with Crippen LogP contribution in [0, 0.1) is 5.92 Å². The molecule has 0 atom stereocenters. The molecule has 0 amide bonds. The fourth-order valence-corrected chi connectivity index (χ4v) is 2.71. The molecule has 0 spiro atoms. The third-order valence-electron chi connectivity index (χ3n) is 4.12. The first-order valence-corrected chi connectivity index (χ1v) is 7.40. The quantitative estimate of drug-likeness (QED) is 0.378. The molecular formula is C16H24N2O3. The average Bonchev–Trinajstić information content (AvgIpc) is 2.53. The van der Waals surface area contributed by atoms with Gasteiger partial charge in [-0.2, -0.15) is 0 Å². The van der Waals surface area contributed by atoms with E-state index in [4.69, 9.17) is 20.4 Å². The summed E-state index contributed by atoms with van der Waals surface area (Å²) in [6, 6.07) is 5.42. The van der Waals surface area contributed by atoms with Gasteiger partial charge in [-0.15, -0.1) is 0 Å². The Bertz CT molecular complexity index is 494. The molecule has 5 heteroatoms. The summed E-state index contributed by atoms with van der Waals surface area (Å²) < 4.78 is 11.4. The van der Waals surface area contributed by atoms with Crippen LogP contribution >= 0.6 is 0 Å². The number of hydrogen-bond donors (Lipinski definition) is 2. The highest BCUT2D eigenvalue weighted by Crippen LogP contribution is 2.28. The van der Waals surface area contributed by atoms with Crippen molar-refractivity contribution < 1.29 is 14.7 Å². The molecule has 0 bridgehead atoms. The first kappa shape index (κ1) is 15.6. The summed E-state index contributed by atoms with van der Waals surface area (Å²) in [6.07, 6.45) is 5.00. The van der Waals surface area contributed by atoms with Gasteiger partial charge in [-0.05, 0) is 49.8 Å². The van der Waals surface area contributed by atoms with Crippen LogP contribution in [0.4, 0.5) is 0 Å². The van der Waals surface area contributed by atoms with E-state index in [0.717, 1.165) is 30.1 Å². The van der Waals surface area contributed by atoms with E-state index in [2.05, 4.69) is 12.1 Å². The van der Waals surface area contributed by atoms with E-state index in [9.17, 15) is 0 Å². The smallest absolute Gasteiger partial charge is 0.170 e. The summed E-state index contributed by atoms with van der Waals surface area (Å²) in [5.74, 6) is 1.65. The lowest BCUT2D eigenvalue weighted by Gasteiger charge is -2.26. The molecule has 2 rings (SSSR count). The van der Waals surface area contributed by atoms with Crippen LogP contribution in [0.2, 0.25) is 0 Å². The van der Waals surface area contributed by atoms with Gasteiger partial charge in [-0.3, -0.25) is 0 Å².